The number of nitrogens with one attached hydrogen (secondary N) is 1. The zero-order valence-corrected chi connectivity index (χ0v) is 12.2. The van der Waals surface area contributed by atoms with Crippen molar-refractivity contribution in [2.45, 2.75) is 31.6 Å². The van der Waals surface area contributed by atoms with E-state index in [2.05, 4.69) is 15.0 Å². The van der Waals surface area contributed by atoms with E-state index in [1.807, 2.05) is 30.1 Å². The average molecular weight is 284 g/mol. The van der Waals surface area contributed by atoms with Crippen LogP contribution in [0.15, 0.2) is 30.7 Å². The van der Waals surface area contributed by atoms with Crippen molar-refractivity contribution in [1.82, 2.24) is 19.9 Å². The number of likely N-dealkylation sites (N-methyl/N-ethyl adjacent to an activating group) is 1. The van der Waals surface area contributed by atoms with E-state index in [-0.39, 0.29) is 11.8 Å². The Balaban J connectivity index is 1.63. The quantitative estimate of drug-likeness (QED) is 0.933. The second-order valence-corrected chi connectivity index (χ2v) is 5.54. The predicted octanol–water partition coefficient (Wildman–Crippen LogP) is 1.93. The number of imidazole rings is 1. The number of aryl methyl sites for hydroxylation is 1. The second kappa shape index (κ2) is 6.08. The Labute approximate surface area is 124 Å². The van der Waals surface area contributed by atoms with E-state index in [4.69, 9.17) is 0 Å². The van der Waals surface area contributed by atoms with Crippen LogP contribution in [0.25, 0.3) is 0 Å². The molecule has 3 rings (SSSR count). The summed E-state index contributed by atoms with van der Waals surface area (Å²) in [6, 6.07) is 5.87. The Morgan fingerprint density at radius 1 is 1.43 bits per heavy atom. The van der Waals surface area contributed by atoms with Crippen LogP contribution >= 0.6 is 0 Å². The van der Waals surface area contributed by atoms with Crippen LogP contribution in [0.3, 0.4) is 0 Å². The number of carbonyl (C=O) groups is 1. The van der Waals surface area contributed by atoms with Gasteiger partial charge in [0.05, 0.1) is 17.9 Å². The van der Waals surface area contributed by atoms with Crippen LogP contribution in [0.5, 0.6) is 0 Å². The lowest BCUT2D eigenvalue weighted by molar-refractivity contribution is -0.131. The third kappa shape index (κ3) is 2.96. The molecule has 1 aliphatic rings. The first kappa shape index (κ1) is 13.8. The number of H-pyrrole nitrogens is 1. The normalized spacial score (nSPS) is 17.3. The van der Waals surface area contributed by atoms with E-state index < -0.39 is 0 Å². The maximum Gasteiger partial charge on any atom is 0.231 e. The van der Waals surface area contributed by atoms with Crippen molar-refractivity contribution in [1.29, 1.82) is 0 Å². The molecule has 2 aromatic heterocycles. The molecule has 1 unspecified atom stereocenters. The van der Waals surface area contributed by atoms with Gasteiger partial charge in [-0.2, -0.15) is 0 Å². The van der Waals surface area contributed by atoms with Crippen molar-refractivity contribution in [2.75, 3.05) is 13.6 Å². The van der Waals surface area contributed by atoms with Crippen LogP contribution in [-0.2, 0) is 17.6 Å². The van der Waals surface area contributed by atoms with Crippen LogP contribution in [-0.4, -0.2) is 39.4 Å². The fraction of sp³-hybridized carbons (Fsp3) is 0.438. The number of fused-ring (bicyclic) bond motifs is 1. The Morgan fingerprint density at radius 3 is 3.14 bits per heavy atom. The highest BCUT2D eigenvalue weighted by atomic mass is 16.2. The van der Waals surface area contributed by atoms with Gasteiger partial charge in [0.25, 0.3) is 0 Å². The number of carbonyl (C=O) groups excluding carboxylic acids is 1. The van der Waals surface area contributed by atoms with E-state index in [0.29, 0.717) is 6.54 Å². The van der Waals surface area contributed by atoms with Crippen LogP contribution in [0.1, 0.15) is 35.8 Å². The van der Waals surface area contributed by atoms with Crippen molar-refractivity contribution >= 4 is 5.91 Å². The number of rotatable bonds is 4. The van der Waals surface area contributed by atoms with Gasteiger partial charge in [0.1, 0.15) is 0 Å². The molecule has 0 bridgehead atoms. The first-order valence-corrected chi connectivity index (χ1v) is 7.42. The van der Waals surface area contributed by atoms with Gasteiger partial charge in [0.2, 0.25) is 5.91 Å². The monoisotopic (exact) mass is 284 g/mol. The minimum absolute atomic E-state index is 0.0891. The lowest BCUT2D eigenvalue weighted by Gasteiger charge is -2.26. The number of aromatic nitrogens is 3. The summed E-state index contributed by atoms with van der Waals surface area (Å²) in [6.45, 7) is 0.687. The number of amides is 1. The molecule has 1 amide bonds. The van der Waals surface area contributed by atoms with Gasteiger partial charge in [0, 0.05) is 37.6 Å². The highest BCUT2D eigenvalue weighted by Crippen LogP contribution is 2.30. The number of hydrogen-bond donors (Lipinski definition) is 1. The van der Waals surface area contributed by atoms with E-state index in [1.54, 1.807) is 12.5 Å². The lowest BCUT2D eigenvalue weighted by Crippen LogP contribution is -2.35. The van der Waals surface area contributed by atoms with Crippen LogP contribution in [0, 0.1) is 0 Å². The molecular formula is C16H20N4O. The van der Waals surface area contributed by atoms with Gasteiger partial charge in [-0.15, -0.1) is 0 Å². The maximum atomic E-state index is 12.6. The summed E-state index contributed by atoms with van der Waals surface area (Å²) >= 11 is 0. The van der Waals surface area contributed by atoms with Crippen molar-refractivity contribution in [3.05, 3.63) is 47.8 Å². The minimum Gasteiger partial charge on any atom is -0.348 e. The summed E-state index contributed by atoms with van der Waals surface area (Å²) in [4.78, 5) is 26.2. The predicted molar refractivity (Wildman–Crippen MR) is 79.8 cm³/mol. The van der Waals surface area contributed by atoms with Crippen molar-refractivity contribution in [3.63, 3.8) is 0 Å². The average Bonchev–Trinajstić information content (AvgIpc) is 3.01. The molecule has 2 heterocycles. The zero-order valence-electron chi connectivity index (χ0n) is 12.2. The Hall–Kier alpha value is -2.17. The van der Waals surface area contributed by atoms with Gasteiger partial charge in [-0.25, -0.2) is 4.98 Å². The largest absolute Gasteiger partial charge is 0.348 e. The molecule has 0 aromatic carbocycles. The fourth-order valence-electron chi connectivity index (χ4n) is 2.90. The Bertz CT molecular complexity index is 608. The third-order valence-electron chi connectivity index (χ3n) is 4.11. The first-order valence-electron chi connectivity index (χ1n) is 7.42. The summed E-state index contributed by atoms with van der Waals surface area (Å²) < 4.78 is 0. The molecule has 0 radical (unpaired) electrons. The Morgan fingerprint density at radius 2 is 2.33 bits per heavy atom. The minimum atomic E-state index is -0.0891. The summed E-state index contributed by atoms with van der Waals surface area (Å²) in [6.07, 6.45) is 7.20. The number of pyridine rings is 1. The smallest absolute Gasteiger partial charge is 0.231 e. The van der Waals surface area contributed by atoms with E-state index in [0.717, 1.165) is 42.8 Å². The van der Waals surface area contributed by atoms with Crippen LogP contribution in [0.2, 0.25) is 0 Å². The standard InChI is InChI=1S/C16H20N4O/c1-20(10-8-12-5-2-3-9-17-12)16(21)13-6-4-7-14-15(13)19-11-18-14/h2-3,5,9,11,13H,4,6-8,10H2,1H3,(H,18,19). The van der Waals surface area contributed by atoms with Gasteiger partial charge in [-0.3, -0.25) is 9.78 Å². The molecule has 1 N–H and O–H groups in total. The van der Waals surface area contributed by atoms with Gasteiger partial charge in [0.15, 0.2) is 0 Å². The third-order valence-corrected chi connectivity index (χ3v) is 4.11. The summed E-state index contributed by atoms with van der Waals surface area (Å²) in [5.74, 6) is 0.0766. The number of aromatic amines is 1. The first-order chi connectivity index (χ1) is 10.3. The molecule has 0 aliphatic heterocycles. The zero-order chi connectivity index (χ0) is 14.7. The van der Waals surface area contributed by atoms with Gasteiger partial charge in [-0.05, 0) is 31.4 Å². The molecule has 0 saturated heterocycles. The molecule has 2 aromatic rings. The number of hydrogen-bond acceptors (Lipinski definition) is 3. The SMILES string of the molecule is CN(CCc1ccccn1)C(=O)C1CCCc2[nH]cnc21. The van der Waals surface area contributed by atoms with Gasteiger partial charge < -0.3 is 9.88 Å². The highest BCUT2D eigenvalue weighted by Gasteiger charge is 2.30. The molecule has 110 valence electrons. The van der Waals surface area contributed by atoms with Crippen molar-refractivity contribution < 1.29 is 4.79 Å². The second-order valence-electron chi connectivity index (χ2n) is 5.54. The Kier molecular flexibility index (Phi) is 3.99. The molecule has 0 saturated carbocycles. The van der Waals surface area contributed by atoms with E-state index in [1.165, 1.54) is 0 Å². The van der Waals surface area contributed by atoms with E-state index in [9.17, 15) is 4.79 Å². The van der Waals surface area contributed by atoms with Crippen molar-refractivity contribution in [2.24, 2.45) is 0 Å². The van der Waals surface area contributed by atoms with Gasteiger partial charge >= 0.3 is 0 Å². The molecule has 0 spiro atoms. The molecular weight excluding hydrogens is 264 g/mol. The lowest BCUT2D eigenvalue weighted by atomic mass is 9.89. The van der Waals surface area contributed by atoms with Crippen molar-refractivity contribution in [3.8, 4) is 0 Å². The highest BCUT2D eigenvalue weighted by molar-refractivity contribution is 5.83. The van der Waals surface area contributed by atoms with Crippen LogP contribution < -0.4 is 0 Å². The van der Waals surface area contributed by atoms with Gasteiger partial charge in [-0.1, -0.05) is 6.07 Å². The van der Waals surface area contributed by atoms with Crippen LogP contribution in [0.4, 0.5) is 0 Å². The topological polar surface area (TPSA) is 61.9 Å². The molecule has 21 heavy (non-hydrogen) atoms. The molecule has 5 heteroatoms. The molecule has 5 nitrogen and oxygen atoms in total. The maximum absolute atomic E-state index is 12.6. The fourth-order valence-corrected chi connectivity index (χ4v) is 2.90. The summed E-state index contributed by atoms with van der Waals surface area (Å²) in [5.41, 5.74) is 3.08. The molecule has 1 aliphatic carbocycles. The molecule has 0 fully saturated rings. The summed E-state index contributed by atoms with van der Waals surface area (Å²) in [5, 5.41) is 0. The number of nitrogens with zero attached hydrogens (tertiary/aromatic N) is 3. The molecule has 1 atom stereocenters. The van der Waals surface area contributed by atoms with E-state index >= 15 is 0 Å². The summed E-state index contributed by atoms with van der Waals surface area (Å²) in [7, 11) is 1.87.